The number of carbonyl (C=O) groups is 1. The molecule has 0 spiro atoms. The average Bonchev–Trinajstić information content (AvgIpc) is 3.65. The number of H-pyrrole nitrogens is 1. The number of amides is 1. The van der Waals surface area contributed by atoms with Gasteiger partial charge < -0.3 is 30.8 Å². The van der Waals surface area contributed by atoms with Crippen LogP contribution in [0, 0.1) is 17.8 Å². The van der Waals surface area contributed by atoms with Crippen LogP contribution in [0.2, 0.25) is 5.02 Å². The number of aliphatic hydroxyl groups is 1. The Kier molecular flexibility index (Phi) is 6.99. The van der Waals surface area contributed by atoms with E-state index < -0.39 is 0 Å². The number of piperidine rings is 1. The number of hydrogen-bond acceptors (Lipinski definition) is 7. The first-order valence-corrected chi connectivity index (χ1v) is 14.1. The van der Waals surface area contributed by atoms with E-state index in [0.29, 0.717) is 40.2 Å². The number of rotatable bonds is 8. The van der Waals surface area contributed by atoms with Crippen LogP contribution in [0.1, 0.15) is 37.7 Å². The molecule has 6 rings (SSSR count). The summed E-state index contributed by atoms with van der Waals surface area (Å²) in [5.74, 6) is 1.66. The van der Waals surface area contributed by atoms with Gasteiger partial charge in [-0.25, -0.2) is 9.97 Å². The van der Waals surface area contributed by atoms with E-state index in [1.807, 2.05) is 19.1 Å². The van der Waals surface area contributed by atoms with Crippen LogP contribution in [0.4, 0.5) is 5.69 Å². The quantitative estimate of drug-likeness (QED) is 0.313. The number of imidazole rings is 1. The molecule has 2 aromatic heterocycles. The van der Waals surface area contributed by atoms with Crippen LogP contribution >= 0.6 is 11.6 Å². The number of nitrogens with zero attached hydrogens (tertiary/aromatic N) is 3. The lowest BCUT2D eigenvalue weighted by Gasteiger charge is -2.33. The number of nitrogens with one attached hydrogen (secondary N) is 2. The molecule has 3 heterocycles. The minimum absolute atomic E-state index is 0.129. The molecule has 0 radical (unpaired) electrons. The molecule has 1 saturated carbocycles. The number of β-amino-alcohol motifs (C(OH)–C–C–N with tert-alkyl or cyclic N) is 1. The van der Waals surface area contributed by atoms with Crippen molar-refractivity contribution in [3.63, 3.8) is 0 Å². The van der Waals surface area contributed by atoms with Gasteiger partial charge >= 0.3 is 0 Å². The Hall–Kier alpha value is -3.14. The molecule has 1 amide bonds. The van der Waals surface area contributed by atoms with Crippen molar-refractivity contribution in [3.8, 4) is 17.1 Å². The summed E-state index contributed by atoms with van der Waals surface area (Å²) >= 11 is 6.66. The van der Waals surface area contributed by atoms with Crippen molar-refractivity contribution in [3.05, 3.63) is 47.1 Å². The average molecular weight is 551 g/mol. The molecule has 3 aromatic rings. The van der Waals surface area contributed by atoms with Gasteiger partial charge in [0.25, 0.3) is 0 Å². The largest absolute Gasteiger partial charge is 0.497 e. The van der Waals surface area contributed by atoms with Gasteiger partial charge in [-0.3, -0.25) is 4.79 Å². The van der Waals surface area contributed by atoms with E-state index in [0.717, 1.165) is 43.7 Å². The summed E-state index contributed by atoms with van der Waals surface area (Å²) in [4.78, 5) is 27.5. The zero-order valence-corrected chi connectivity index (χ0v) is 23.0. The number of primary amides is 1. The minimum Gasteiger partial charge on any atom is -0.497 e. The Bertz CT molecular complexity index is 1410. The number of benzene rings is 1. The number of pyridine rings is 1. The van der Waals surface area contributed by atoms with Crippen molar-refractivity contribution in [2.24, 2.45) is 23.5 Å². The highest BCUT2D eigenvalue weighted by Gasteiger charge is 2.47. The number of aromatic nitrogens is 3. The van der Waals surface area contributed by atoms with E-state index >= 15 is 0 Å². The third kappa shape index (κ3) is 4.88. The van der Waals surface area contributed by atoms with Gasteiger partial charge in [0.2, 0.25) is 5.91 Å². The molecule has 5 N–H and O–H groups in total. The Labute approximate surface area is 232 Å². The highest BCUT2D eigenvalue weighted by molar-refractivity contribution is 6.34. The molecule has 1 aliphatic heterocycles. The molecule has 2 fully saturated rings. The van der Waals surface area contributed by atoms with Crippen molar-refractivity contribution in [2.45, 2.75) is 44.2 Å². The number of nitrogens with two attached hydrogens (primary N) is 1. The predicted molar refractivity (Wildman–Crippen MR) is 152 cm³/mol. The topological polar surface area (TPSA) is 129 Å². The van der Waals surface area contributed by atoms with Crippen LogP contribution in [-0.4, -0.2) is 69.8 Å². The Morgan fingerprint density at radius 2 is 2.08 bits per heavy atom. The van der Waals surface area contributed by atoms with Crippen LogP contribution in [0.3, 0.4) is 0 Å². The molecule has 9 nitrogen and oxygen atoms in total. The highest BCUT2D eigenvalue weighted by atomic mass is 35.5. The summed E-state index contributed by atoms with van der Waals surface area (Å²) in [6.07, 6.45) is 8.42. The summed E-state index contributed by atoms with van der Waals surface area (Å²) in [6, 6.07) is 5.98. The van der Waals surface area contributed by atoms with Gasteiger partial charge in [-0.1, -0.05) is 23.8 Å². The number of likely N-dealkylation sites (tertiary alicyclic amines) is 1. The first kappa shape index (κ1) is 26.1. The van der Waals surface area contributed by atoms with E-state index in [1.54, 1.807) is 13.3 Å². The SMILES string of the molecule is COc1ccc(-c2nc3ncc(Cl)c(N[C@H]4[C@@H](C(N)=O)[C@@H]5C=C[C@@H]4C5)c3[nH]2)c(C2CCN(C[C@H](C)O)CC2)c1. The third-order valence-electron chi connectivity index (χ3n) is 8.64. The van der Waals surface area contributed by atoms with Gasteiger partial charge in [0.05, 0.1) is 36.0 Å². The number of carbonyl (C=O) groups excluding carboxylic acids is 1. The molecular formula is C29H35ClN6O3. The second-order valence-corrected chi connectivity index (χ2v) is 11.6. The molecule has 5 atom stereocenters. The lowest BCUT2D eigenvalue weighted by atomic mass is 9.86. The lowest BCUT2D eigenvalue weighted by molar-refractivity contribution is -0.122. The molecule has 1 saturated heterocycles. The lowest BCUT2D eigenvalue weighted by Crippen LogP contribution is -2.41. The fourth-order valence-corrected chi connectivity index (χ4v) is 7.00. The van der Waals surface area contributed by atoms with Crippen LogP contribution in [-0.2, 0) is 4.79 Å². The maximum absolute atomic E-state index is 12.3. The summed E-state index contributed by atoms with van der Waals surface area (Å²) in [6.45, 7) is 4.38. The fraction of sp³-hybridized carbons (Fsp3) is 0.483. The van der Waals surface area contributed by atoms with Crippen molar-refractivity contribution >= 4 is 34.4 Å². The number of allylic oxidation sites excluding steroid dienone is 1. The standard InChI is InChI=1S/C29H35ClN6O3/c1-15(37)14-36-9-7-16(8-10-36)21-12-19(39-2)5-6-20(21)28-34-26-25(22(30)13-32-29(26)35-28)33-24-18-4-3-17(11-18)23(24)27(31)38/h3-6,12-13,15-18,23-24,37H,7-11,14H2,1-2H3,(H2,31,38)(H2,32,33,34,35)/t15-,17+,18+,23-,24+/m0/s1. The number of hydrogen-bond donors (Lipinski definition) is 4. The number of fused-ring (bicyclic) bond motifs is 3. The zero-order valence-electron chi connectivity index (χ0n) is 22.2. The number of aliphatic hydroxyl groups excluding tert-OH is 1. The predicted octanol–water partition coefficient (Wildman–Crippen LogP) is 3.94. The summed E-state index contributed by atoms with van der Waals surface area (Å²) in [7, 11) is 1.68. The van der Waals surface area contributed by atoms with Crippen LogP contribution in [0.15, 0.2) is 36.5 Å². The van der Waals surface area contributed by atoms with Crippen LogP contribution < -0.4 is 15.8 Å². The molecule has 1 aromatic carbocycles. The van der Waals surface area contributed by atoms with Gasteiger partial charge in [-0.15, -0.1) is 0 Å². The van der Waals surface area contributed by atoms with Crippen LogP contribution in [0.25, 0.3) is 22.6 Å². The Morgan fingerprint density at radius 1 is 1.31 bits per heavy atom. The number of halogens is 1. The first-order valence-electron chi connectivity index (χ1n) is 13.7. The Morgan fingerprint density at radius 3 is 2.79 bits per heavy atom. The number of aromatic amines is 1. The van der Waals surface area contributed by atoms with E-state index in [2.05, 4.69) is 38.4 Å². The minimum atomic E-state index is -0.333. The number of anilines is 1. The smallest absolute Gasteiger partial charge is 0.223 e. The molecule has 10 heteroatoms. The monoisotopic (exact) mass is 550 g/mol. The number of methoxy groups -OCH3 is 1. The second kappa shape index (κ2) is 10.4. The molecule has 0 unspecified atom stereocenters. The molecule has 2 bridgehead atoms. The molecule has 39 heavy (non-hydrogen) atoms. The number of ether oxygens (including phenoxy) is 1. The maximum atomic E-state index is 12.3. The normalized spacial score (nSPS) is 25.8. The van der Waals surface area contributed by atoms with Gasteiger partial charge in [0.1, 0.15) is 17.1 Å². The van der Waals surface area contributed by atoms with Gasteiger partial charge in [0.15, 0.2) is 5.65 Å². The highest BCUT2D eigenvalue weighted by Crippen LogP contribution is 2.46. The molecule has 3 aliphatic rings. The van der Waals surface area contributed by atoms with E-state index in [-0.39, 0.29) is 35.8 Å². The summed E-state index contributed by atoms with van der Waals surface area (Å²) in [5.41, 5.74) is 9.94. The molecular weight excluding hydrogens is 516 g/mol. The van der Waals surface area contributed by atoms with E-state index in [9.17, 15) is 9.90 Å². The third-order valence-corrected chi connectivity index (χ3v) is 8.92. The Balaban J connectivity index is 1.34. The summed E-state index contributed by atoms with van der Waals surface area (Å²) < 4.78 is 5.57. The van der Waals surface area contributed by atoms with Crippen molar-refractivity contribution in [1.29, 1.82) is 0 Å². The van der Waals surface area contributed by atoms with E-state index in [1.165, 1.54) is 5.56 Å². The van der Waals surface area contributed by atoms with Gasteiger partial charge in [0, 0.05) is 18.2 Å². The zero-order chi connectivity index (χ0) is 27.3. The van der Waals surface area contributed by atoms with Crippen molar-refractivity contribution in [2.75, 3.05) is 32.1 Å². The summed E-state index contributed by atoms with van der Waals surface area (Å²) in [5, 5.41) is 13.8. The fourth-order valence-electron chi connectivity index (χ4n) is 6.80. The molecule has 2 aliphatic carbocycles. The first-order chi connectivity index (χ1) is 18.8. The van der Waals surface area contributed by atoms with Gasteiger partial charge in [-0.2, -0.15) is 0 Å². The van der Waals surface area contributed by atoms with Crippen molar-refractivity contribution in [1.82, 2.24) is 19.9 Å². The van der Waals surface area contributed by atoms with Gasteiger partial charge in [-0.05, 0) is 80.8 Å². The van der Waals surface area contributed by atoms with Crippen molar-refractivity contribution < 1.29 is 14.6 Å². The second-order valence-electron chi connectivity index (χ2n) is 11.2. The van der Waals surface area contributed by atoms with E-state index in [4.69, 9.17) is 27.1 Å². The maximum Gasteiger partial charge on any atom is 0.223 e. The molecule has 206 valence electrons. The van der Waals surface area contributed by atoms with Crippen LogP contribution in [0.5, 0.6) is 5.75 Å².